The van der Waals surface area contributed by atoms with E-state index in [0.717, 1.165) is 28.8 Å². The number of ether oxygens (including phenoxy) is 1. The van der Waals surface area contributed by atoms with Gasteiger partial charge in [-0.1, -0.05) is 11.9 Å². The summed E-state index contributed by atoms with van der Waals surface area (Å²) in [6.07, 6.45) is 3.85. The molecular weight excluding hydrogens is 649 g/mol. The summed E-state index contributed by atoms with van der Waals surface area (Å²) in [6.45, 7) is 7.80. The number of rotatable bonds is 9. The van der Waals surface area contributed by atoms with Crippen molar-refractivity contribution in [2.75, 3.05) is 26.2 Å². The average Bonchev–Trinajstić information content (AvgIpc) is 3.34. The van der Waals surface area contributed by atoms with Crippen LogP contribution in [0.25, 0.3) is 6.08 Å². The van der Waals surface area contributed by atoms with E-state index in [2.05, 4.69) is 19.4 Å². The highest BCUT2D eigenvalue weighted by Gasteiger charge is 2.54. The summed E-state index contributed by atoms with van der Waals surface area (Å²) < 4.78 is 21.1. The number of nitrogens with zero attached hydrogens (tertiary/aromatic N) is 4. The van der Waals surface area contributed by atoms with Gasteiger partial charge in [0.15, 0.2) is 11.6 Å². The smallest absolute Gasteiger partial charge is 0.431 e. The molecule has 0 radical (unpaired) electrons. The molecule has 0 saturated carbocycles. The van der Waals surface area contributed by atoms with E-state index in [1.54, 1.807) is 11.8 Å². The molecule has 48 heavy (non-hydrogen) atoms. The number of aliphatic imine (C=N–C) groups is 1. The molecule has 258 valence electrons. The lowest BCUT2D eigenvalue weighted by Gasteiger charge is -2.36. The zero-order valence-corrected chi connectivity index (χ0v) is 27.5. The lowest BCUT2D eigenvalue weighted by molar-refractivity contribution is -0.435. The molecular formula is C32H38FN5O9S. The Bertz CT molecular complexity index is 1640. The number of amidine groups is 1. The number of hydrogen-bond acceptors (Lipinski definition) is 13. The summed E-state index contributed by atoms with van der Waals surface area (Å²) in [4.78, 5) is 43.5. The van der Waals surface area contributed by atoms with Crippen LogP contribution in [0, 0.1) is 24.6 Å². The highest BCUT2D eigenvalue weighted by Crippen LogP contribution is 2.35. The Labute approximate surface area is 280 Å². The fourth-order valence-electron chi connectivity index (χ4n) is 5.90. The lowest BCUT2D eigenvalue weighted by Crippen LogP contribution is -2.57. The van der Waals surface area contributed by atoms with Gasteiger partial charge in [0, 0.05) is 42.5 Å². The third-order valence-electron chi connectivity index (χ3n) is 8.96. The van der Waals surface area contributed by atoms with Crippen LogP contribution in [0.4, 0.5) is 4.39 Å². The SMILES string of the molecule is Cc1cc(C(=O)N2CCC(C)(O)CC2)cc(C)c1/C=C/SN1CCC2(CC1)N=C(c1ccc(F)c(OC(O)(N=O)C(O)(O)O)c1)NC2=O. The van der Waals surface area contributed by atoms with Crippen molar-refractivity contribution in [3.63, 3.8) is 0 Å². The first-order valence-corrected chi connectivity index (χ1v) is 16.1. The van der Waals surface area contributed by atoms with E-state index in [1.807, 2.05) is 42.6 Å². The average molecular weight is 688 g/mol. The Morgan fingerprint density at radius 3 is 2.27 bits per heavy atom. The predicted octanol–water partition coefficient (Wildman–Crippen LogP) is 1.88. The van der Waals surface area contributed by atoms with Crippen molar-refractivity contribution >= 4 is 35.7 Å². The fourth-order valence-corrected chi connectivity index (χ4v) is 6.67. The summed E-state index contributed by atoms with van der Waals surface area (Å²) in [6, 6.07) is 6.88. The first-order valence-electron chi connectivity index (χ1n) is 15.3. The van der Waals surface area contributed by atoms with E-state index in [1.165, 1.54) is 18.0 Å². The summed E-state index contributed by atoms with van der Waals surface area (Å²) in [7, 11) is 0. The Balaban J connectivity index is 1.21. The molecule has 2 aromatic rings. The van der Waals surface area contributed by atoms with Crippen molar-refractivity contribution in [1.82, 2.24) is 14.5 Å². The molecule has 0 bridgehead atoms. The number of aliphatic hydroxyl groups is 5. The maximum atomic E-state index is 14.4. The monoisotopic (exact) mass is 687 g/mol. The van der Waals surface area contributed by atoms with Crippen LogP contribution in [0.15, 0.2) is 45.9 Å². The highest BCUT2D eigenvalue weighted by molar-refractivity contribution is 8.00. The quantitative estimate of drug-likeness (QED) is 0.128. The number of nitrogens with one attached hydrogen (secondary N) is 1. The minimum Gasteiger partial charge on any atom is -0.432 e. The van der Waals surface area contributed by atoms with E-state index in [9.17, 15) is 44.4 Å². The van der Waals surface area contributed by atoms with Crippen LogP contribution < -0.4 is 10.1 Å². The molecule has 2 aromatic carbocycles. The number of benzene rings is 2. The standard InChI is InChI=1S/C32H38FN5O9S/c1-19-16-22(27(39)37-11-7-29(3,41)8-12-37)17-20(2)23(19)6-15-48-38-13-9-30(10-14-38)28(40)34-26(35-30)21-4-5-24(33)25(18-21)47-31(42,36-46)32(43,44)45/h4-6,15-18,41-45H,7-14H2,1-3H3,(H,34,35,40)/b15-6+. The second-order valence-electron chi connectivity index (χ2n) is 12.7. The molecule has 3 heterocycles. The Kier molecular flexibility index (Phi) is 9.82. The first kappa shape index (κ1) is 35.5. The molecule has 6 N–H and O–H groups in total. The van der Waals surface area contributed by atoms with Gasteiger partial charge in [-0.3, -0.25) is 14.6 Å². The zero-order valence-electron chi connectivity index (χ0n) is 26.6. The summed E-state index contributed by atoms with van der Waals surface area (Å²) in [5.41, 5.74) is 1.88. The van der Waals surface area contributed by atoms with Gasteiger partial charge in [-0.2, -0.15) is 0 Å². The Morgan fingerprint density at radius 1 is 1.06 bits per heavy atom. The van der Waals surface area contributed by atoms with E-state index >= 15 is 0 Å². The van der Waals surface area contributed by atoms with Gasteiger partial charge in [-0.05, 0) is 105 Å². The molecule has 2 fully saturated rings. The number of nitroso groups, excluding NO2 is 1. The zero-order chi connectivity index (χ0) is 35.1. The van der Waals surface area contributed by atoms with Crippen molar-refractivity contribution in [2.45, 2.75) is 69.5 Å². The minimum absolute atomic E-state index is 0.0395. The van der Waals surface area contributed by atoms with E-state index in [4.69, 9.17) is 0 Å². The molecule has 2 amide bonds. The third kappa shape index (κ3) is 7.29. The van der Waals surface area contributed by atoms with Gasteiger partial charge in [0.25, 0.3) is 11.8 Å². The van der Waals surface area contributed by atoms with Gasteiger partial charge < -0.3 is 40.5 Å². The van der Waals surface area contributed by atoms with E-state index in [-0.39, 0.29) is 23.2 Å². The number of likely N-dealkylation sites (tertiary alicyclic amines) is 1. The van der Waals surface area contributed by atoms with Crippen LogP contribution in [0.3, 0.4) is 0 Å². The van der Waals surface area contributed by atoms with Crippen molar-refractivity contribution in [2.24, 2.45) is 10.2 Å². The van der Waals surface area contributed by atoms with Gasteiger partial charge in [0.1, 0.15) is 11.4 Å². The number of hydrogen-bond donors (Lipinski definition) is 6. The maximum absolute atomic E-state index is 14.4. The van der Waals surface area contributed by atoms with Gasteiger partial charge in [0.2, 0.25) is 0 Å². The highest BCUT2D eigenvalue weighted by atomic mass is 32.2. The Hall–Kier alpha value is -3.77. The number of halogens is 1. The molecule has 3 aliphatic heterocycles. The van der Waals surface area contributed by atoms with Crippen LogP contribution in [-0.4, -0.2) is 102 Å². The van der Waals surface area contributed by atoms with Crippen LogP contribution in [0.1, 0.15) is 65.2 Å². The normalized spacial score (nSPS) is 20.8. The minimum atomic E-state index is -4.14. The number of piperidine rings is 2. The van der Waals surface area contributed by atoms with E-state index < -0.39 is 34.6 Å². The van der Waals surface area contributed by atoms with Gasteiger partial charge in [-0.15, -0.1) is 4.91 Å². The number of amides is 2. The molecule has 1 unspecified atom stereocenters. The molecule has 0 aromatic heterocycles. The van der Waals surface area contributed by atoms with Crippen molar-refractivity contribution in [3.05, 3.63) is 74.3 Å². The largest absolute Gasteiger partial charge is 0.432 e. The number of carbonyl (C=O) groups excluding carboxylic acids is 2. The van der Waals surface area contributed by atoms with Crippen molar-refractivity contribution < 1.29 is 44.2 Å². The van der Waals surface area contributed by atoms with Crippen LogP contribution in [-0.2, 0) is 4.79 Å². The Morgan fingerprint density at radius 2 is 1.69 bits per heavy atom. The maximum Gasteiger partial charge on any atom is 0.431 e. The van der Waals surface area contributed by atoms with Crippen molar-refractivity contribution in [1.29, 1.82) is 0 Å². The van der Waals surface area contributed by atoms with Gasteiger partial charge >= 0.3 is 11.9 Å². The molecule has 5 rings (SSSR count). The van der Waals surface area contributed by atoms with Crippen LogP contribution >= 0.6 is 11.9 Å². The first-order chi connectivity index (χ1) is 22.5. The molecule has 2 saturated heterocycles. The molecule has 0 aliphatic carbocycles. The molecule has 1 atom stereocenters. The van der Waals surface area contributed by atoms with Crippen LogP contribution in [0.5, 0.6) is 5.75 Å². The summed E-state index contributed by atoms with van der Waals surface area (Å²) in [5.74, 6) is -10.3. The predicted molar refractivity (Wildman–Crippen MR) is 174 cm³/mol. The molecule has 16 heteroatoms. The lowest BCUT2D eigenvalue weighted by atomic mass is 9.89. The molecule has 3 aliphatic rings. The number of aryl methyl sites for hydroxylation is 2. The topological polar surface area (TPSA) is 205 Å². The van der Waals surface area contributed by atoms with Crippen molar-refractivity contribution in [3.8, 4) is 5.75 Å². The second kappa shape index (κ2) is 13.3. The molecule has 14 nitrogen and oxygen atoms in total. The second-order valence-corrected chi connectivity index (χ2v) is 13.7. The fraction of sp³-hybridized carbons (Fsp3) is 0.469. The van der Waals surface area contributed by atoms with Crippen LogP contribution in [0.2, 0.25) is 0 Å². The van der Waals surface area contributed by atoms with Gasteiger partial charge in [-0.25, -0.2) is 8.70 Å². The summed E-state index contributed by atoms with van der Waals surface area (Å²) in [5, 5.41) is 54.3. The summed E-state index contributed by atoms with van der Waals surface area (Å²) >= 11 is 1.49. The van der Waals surface area contributed by atoms with Gasteiger partial charge in [0.05, 0.1) is 5.60 Å². The third-order valence-corrected chi connectivity index (χ3v) is 9.88. The number of carbonyl (C=O) groups is 2. The van der Waals surface area contributed by atoms with E-state index in [0.29, 0.717) is 57.4 Å². The molecule has 1 spiro atoms.